The zero-order valence-corrected chi connectivity index (χ0v) is 15.7. The molecule has 0 bridgehead atoms. The molecule has 1 fully saturated rings. The summed E-state index contributed by atoms with van der Waals surface area (Å²) >= 11 is 0. The first-order valence-corrected chi connectivity index (χ1v) is 9.51. The Kier molecular flexibility index (Phi) is 5.89. The second-order valence-corrected chi connectivity index (χ2v) is 6.83. The van der Waals surface area contributed by atoms with Crippen molar-refractivity contribution in [2.45, 2.75) is 6.04 Å². The predicted molar refractivity (Wildman–Crippen MR) is 106 cm³/mol. The van der Waals surface area contributed by atoms with Crippen molar-refractivity contribution in [1.82, 2.24) is 10.2 Å². The zero-order chi connectivity index (χ0) is 19.2. The Balaban J connectivity index is 1.42. The van der Waals surface area contributed by atoms with Crippen LogP contribution in [0.5, 0.6) is 11.5 Å². The minimum Gasteiger partial charge on any atom is -0.454 e. The molecule has 0 spiro atoms. The molecule has 1 amide bonds. The van der Waals surface area contributed by atoms with E-state index in [-0.39, 0.29) is 18.7 Å². The number of nitrogens with one attached hydrogen (secondary N) is 1. The first-order chi connectivity index (χ1) is 13.8. The summed E-state index contributed by atoms with van der Waals surface area (Å²) in [6.07, 6.45) is 3.35. The molecule has 4 rings (SSSR count). The van der Waals surface area contributed by atoms with Crippen LogP contribution in [0.15, 0.2) is 54.6 Å². The molecule has 6 nitrogen and oxygen atoms in total. The molecule has 0 aliphatic carbocycles. The van der Waals surface area contributed by atoms with E-state index in [1.807, 2.05) is 48.5 Å². The average Bonchev–Trinajstić information content (AvgIpc) is 3.21. The van der Waals surface area contributed by atoms with Gasteiger partial charge in [0.15, 0.2) is 11.5 Å². The van der Waals surface area contributed by atoms with Crippen LogP contribution in [0.25, 0.3) is 6.08 Å². The van der Waals surface area contributed by atoms with Gasteiger partial charge >= 0.3 is 0 Å². The van der Waals surface area contributed by atoms with Crippen molar-refractivity contribution in [2.24, 2.45) is 0 Å². The van der Waals surface area contributed by atoms with Crippen molar-refractivity contribution in [3.63, 3.8) is 0 Å². The van der Waals surface area contributed by atoms with Crippen LogP contribution in [-0.4, -0.2) is 50.4 Å². The Hall–Kier alpha value is -2.83. The number of ether oxygens (including phenoxy) is 3. The van der Waals surface area contributed by atoms with Crippen molar-refractivity contribution in [1.29, 1.82) is 0 Å². The fourth-order valence-corrected chi connectivity index (χ4v) is 3.37. The molecule has 2 aromatic rings. The van der Waals surface area contributed by atoms with E-state index < -0.39 is 0 Å². The predicted octanol–water partition coefficient (Wildman–Crippen LogP) is 2.62. The molecule has 28 heavy (non-hydrogen) atoms. The third-order valence-electron chi connectivity index (χ3n) is 4.89. The Labute approximate surface area is 164 Å². The van der Waals surface area contributed by atoms with Crippen molar-refractivity contribution < 1.29 is 19.0 Å². The molecule has 6 heteroatoms. The normalized spacial score (nSPS) is 17.6. The lowest BCUT2D eigenvalue weighted by molar-refractivity contribution is -0.117. The third-order valence-corrected chi connectivity index (χ3v) is 4.89. The van der Waals surface area contributed by atoms with Gasteiger partial charge in [-0.2, -0.15) is 0 Å². The van der Waals surface area contributed by atoms with Crippen LogP contribution in [0.2, 0.25) is 0 Å². The molecule has 0 unspecified atom stereocenters. The van der Waals surface area contributed by atoms with E-state index in [2.05, 4.69) is 10.2 Å². The number of amides is 1. The van der Waals surface area contributed by atoms with Gasteiger partial charge in [-0.3, -0.25) is 9.69 Å². The molecule has 1 saturated heterocycles. The van der Waals surface area contributed by atoms with Gasteiger partial charge in [-0.1, -0.05) is 36.4 Å². The van der Waals surface area contributed by atoms with Crippen LogP contribution in [0, 0.1) is 0 Å². The molecule has 2 aromatic carbocycles. The van der Waals surface area contributed by atoms with Crippen LogP contribution < -0.4 is 14.8 Å². The van der Waals surface area contributed by atoms with Gasteiger partial charge in [0.1, 0.15) is 0 Å². The van der Waals surface area contributed by atoms with E-state index >= 15 is 0 Å². The number of benzene rings is 2. The van der Waals surface area contributed by atoms with Crippen molar-refractivity contribution in [3.05, 3.63) is 65.7 Å². The number of fused-ring (bicyclic) bond motifs is 1. The molecule has 0 aromatic heterocycles. The van der Waals surface area contributed by atoms with Gasteiger partial charge in [-0.25, -0.2) is 0 Å². The summed E-state index contributed by atoms with van der Waals surface area (Å²) in [6.45, 7) is 4.23. The highest BCUT2D eigenvalue weighted by Gasteiger charge is 2.19. The topological polar surface area (TPSA) is 60.0 Å². The maximum Gasteiger partial charge on any atom is 0.244 e. The molecule has 146 valence electrons. The van der Waals surface area contributed by atoms with Crippen molar-refractivity contribution >= 4 is 12.0 Å². The van der Waals surface area contributed by atoms with Crippen LogP contribution in [0.1, 0.15) is 17.2 Å². The van der Waals surface area contributed by atoms with Gasteiger partial charge in [0.2, 0.25) is 12.7 Å². The van der Waals surface area contributed by atoms with E-state index in [0.717, 1.165) is 49.7 Å². The molecule has 2 heterocycles. The lowest BCUT2D eigenvalue weighted by Crippen LogP contribution is -2.42. The molecule has 1 atom stereocenters. The Morgan fingerprint density at radius 2 is 1.86 bits per heavy atom. The van der Waals surface area contributed by atoms with E-state index in [1.54, 1.807) is 12.2 Å². The Morgan fingerprint density at radius 3 is 2.68 bits per heavy atom. The molecule has 2 aliphatic heterocycles. The molecular formula is C22H24N2O4. The maximum absolute atomic E-state index is 12.6. The fraction of sp³-hybridized carbons (Fsp3) is 0.318. The molecule has 0 radical (unpaired) electrons. The monoisotopic (exact) mass is 380 g/mol. The smallest absolute Gasteiger partial charge is 0.244 e. The van der Waals surface area contributed by atoms with E-state index in [4.69, 9.17) is 14.2 Å². The number of rotatable bonds is 6. The van der Waals surface area contributed by atoms with E-state index in [1.165, 1.54) is 0 Å². The number of carbonyl (C=O) groups excluding carboxylic acids is 1. The lowest BCUT2D eigenvalue weighted by Gasteiger charge is -2.31. The summed E-state index contributed by atoms with van der Waals surface area (Å²) in [5.41, 5.74) is 1.99. The quantitative estimate of drug-likeness (QED) is 0.781. The zero-order valence-electron chi connectivity index (χ0n) is 15.7. The highest BCUT2D eigenvalue weighted by Crippen LogP contribution is 2.32. The second kappa shape index (κ2) is 8.91. The minimum absolute atomic E-state index is 0.0757. The fourth-order valence-electron chi connectivity index (χ4n) is 3.37. The Morgan fingerprint density at radius 1 is 1.07 bits per heavy atom. The first kappa shape index (κ1) is 18.5. The first-order valence-electron chi connectivity index (χ1n) is 9.51. The molecular weight excluding hydrogens is 356 g/mol. The second-order valence-electron chi connectivity index (χ2n) is 6.83. The SMILES string of the molecule is O=C(/C=C/c1ccc2c(c1)OCO2)N[C@H](CN1CCOCC1)c1ccccc1. The standard InChI is InChI=1S/C22H24N2O4/c25-22(9-7-17-6-8-20-21(14-17)28-16-27-20)23-19(18-4-2-1-3-5-18)15-24-10-12-26-13-11-24/h1-9,14,19H,10-13,15-16H2,(H,23,25)/b9-7+/t19-/m1/s1. The van der Waals surface area contributed by atoms with Gasteiger partial charge in [0.25, 0.3) is 0 Å². The summed E-state index contributed by atoms with van der Waals surface area (Å²) in [5, 5.41) is 3.14. The molecule has 1 N–H and O–H groups in total. The number of carbonyl (C=O) groups is 1. The average molecular weight is 380 g/mol. The maximum atomic E-state index is 12.6. The van der Waals surface area contributed by atoms with Crippen molar-refractivity contribution in [3.8, 4) is 11.5 Å². The highest BCUT2D eigenvalue weighted by molar-refractivity contribution is 5.92. The number of nitrogens with zero attached hydrogens (tertiary/aromatic N) is 1. The number of morpholine rings is 1. The van der Waals surface area contributed by atoms with Crippen LogP contribution in [0.3, 0.4) is 0 Å². The molecule has 2 aliphatic rings. The lowest BCUT2D eigenvalue weighted by atomic mass is 10.1. The summed E-state index contributed by atoms with van der Waals surface area (Å²) in [4.78, 5) is 14.9. The largest absolute Gasteiger partial charge is 0.454 e. The minimum atomic E-state index is -0.125. The van der Waals surface area contributed by atoms with Gasteiger partial charge in [-0.15, -0.1) is 0 Å². The summed E-state index contributed by atoms with van der Waals surface area (Å²) < 4.78 is 16.1. The van der Waals surface area contributed by atoms with E-state index in [9.17, 15) is 4.79 Å². The van der Waals surface area contributed by atoms with Crippen LogP contribution >= 0.6 is 0 Å². The van der Waals surface area contributed by atoms with Gasteiger partial charge in [0.05, 0.1) is 19.3 Å². The number of hydrogen-bond donors (Lipinski definition) is 1. The van der Waals surface area contributed by atoms with Gasteiger partial charge in [-0.05, 0) is 29.3 Å². The Bertz CT molecular complexity index is 832. The van der Waals surface area contributed by atoms with Crippen LogP contribution in [0.4, 0.5) is 0 Å². The number of hydrogen-bond acceptors (Lipinski definition) is 5. The third kappa shape index (κ3) is 4.71. The van der Waals surface area contributed by atoms with Crippen molar-refractivity contribution in [2.75, 3.05) is 39.6 Å². The highest BCUT2D eigenvalue weighted by atomic mass is 16.7. The summed E-state index contributed by atoms with van der Waals surface area (Å²) in [5.74, 6) is 1.31. The van der Waals surface area contributed by atoms with Gasteiger partial charge < -0.3 is 19.5 Å². The molecule has 0 saturated carbocycles. The van der Waals surface area contributed by atoms with E-state index in [0.29, 0.717) is 5.75 Å². The summed E-state index contributed by atoms with van der Waals surface area (Å²) in [6, 6.07) is 15.6. The van der Waals surface area contributed by atoms with Gasteiger partial charge in [0, 0.05) is 25.7 Å². The van der Waals surface area contributed by atoms with Crippen LogP contribution in [-0.2, 0) is 9.53 Å². The summed E-state index contributed by atoms with van der Waals surface area (Å²) in [7, 11) is 0.